The van der Waals surface area contributed by atoms with Gasteiger partial charge in [-0.25, -0.2) is 12.8 Å². The summed E-state index contributed by atoms with van der Waals surface area (Å²) >= 11 is 5.56. The largest absolute Gasteiger partial charge is 0.323 e. The van der Waals surface area contributed by atoms with Gasteiger partial charge in [0.1, 0.15) is 10.0 Å². The van der Waals surface area contributed by atoms with Crippen LogP contribution >= 0.6 is 39.0 Å². The van der Waals surface area contributed by atoms with Gasteiger partial charge in [0, 0.05) is 15.1 Å². The van der Waals surface area contributed by atoms with Crippen molar-refractivity contribution in [3.63, 3.8) is 0 Å². The number of thioether (sulfide) groups is 1. The van der Waals surface area contributed by atoms with Crippen molar-refractivity contribution in [1.82, 2.24) is 0 Å². The van der Waals surface area contributed by atoms with Crippen molar-refractivity contribution in [1.29, 1.82) is 0 Å². The highest BCUT2D eigenvalue weighted by Gasteiger charge is 2.15. The lowest BCUT2D eigenvalue weighted by Crippen LogP contribution is -2.15. The molecule has 1 heterocycles. The fourth-order valence-corrected chi connectivity index (χ4v) is 5.25. The van der Waals surface area contributed by atoms with E-state index in [1.165, 1.54) is 30.0 Å². The molecule has 1 aromatic heterocycles. The number of carbonyl (C=O) groups excluding carboxylic acids is 1. The van der Waals surface area contributed by atoms with Crippen molar-refractivity contribution in [3.05, 3.63) is 70.3 Å². The first-order valence-corrected chi connectivity index (χ1v) is 12.0. The quantitative estimate of drug-likeness (QED) is 0.438. The summed E-state index contributed by atoms with van der Waals surface area (Å²) in [5.41, 5.74) is 0.547. The van der Waals surface area contributed by atoms with Crippen LogP contribution in [0.5, 0.6) is 0 Å². The molecule has 0 aliphatic carbocycles. The first kappa shape index (κ1) is 20.8. The van der Waals surface area contributed by atoms with E-state index in [9.17, 15) is 17.6 Å². The fourth-order valence-electron chi connectivity index (χ4n) is 2.17. The van der Waals surface area contributed by atoms with Gasteiger partial charge in [0.2, 0.25) is 5.91 Å². The second kappa shape index (κ2) is 9.08. The molecule has 0 saturated heterocycles. The molecule has 28 heavy (non-hydrogen) atoms. The maximum atomic E-state index is 13.7. The van der Waals surface area contributed by atoms with Crippen molar-refractivity contribution in [2.45, 2.75) is 9.10 Å². The van der Waals surface area contributed by atoms with E-state index in [-0.39, 0.29) is 21.6 Å². The van der Waals surface area contributed by atoms with E-state index in [2.05, 4.69) is 26.0 Å². The average Bonchev–Trinajstić information content (AvgIpc) is 3.19. The third kappa shape index (κ3) is 5.57. The summed E-state index contributed by atoms with van der Waals surface area (Å²) in [5.74, 6) is -0.765. The summed E-state index contributed by atoms with van der Waals surface area (Å²) in [7, 11) is -3.59. The van der Waals surface area contributed by atoms with Crippen molar-refractivity contribution >= 4 is 66.3 Å². The van der Waals surface area contributed by atoms with Crippen molar-refractivity contribution in [2.24, 2.45) is 0 Å². The number of anilines is 2. The van der Waals surface area contributed by atoms with Gasteiger partial charge in [0.15, 0.2) is 0 Å². The molecule has 0 unspecified atom stereocenters. The van der Waals surface area contributed by atoms with Gasteiger partial charge in [0.05, 0.1) is 11.4 Å². The molecule has 2 aromatic carbocycles. The lowest BCUT2D eigenvalue weighted by molar-refractivity contribution is -0.113. The SMILES string of the molecule is O=C(CSc1ccc(NS(=O)(=O)c2cccs2)cc1)Nc1ccc(Br)cc1F. The molecule has 10 heteroatoms. The molecule has 3 aromatic rings. The van der Waals surface area contributed by atoms with Gasteiger partial charge in [-0.15, -0.1) is 23.1 Å². The molecule has 1 amide bonds. The van der Waals surface area contributed by atoms with Crippen LogP contribution in [0.3, 0.4) is 0 Å². The van der Waals surface area contributed by atoms with Gasteiger partial charge in [-0.05, 0) is 53.9 Å². The Morgan fingerprint density at radius 1 is 1.14 bits per heavy atom. The van der Waals surface area contributed by atoms with Crippen LogP contribution in [-0.2, 0) is 14.8 Å². The summed E-state index contributed by atoms with van der Waals surface area (Å²) in [6.45, 7) is 0. The number of thiophene rings is 1. The van der Waals surface area contributed by atoms with Crippen LogP contribution in [-0.4, -0.2) is 20.1 Å². The smallest absolute Gasteiger partial charge is 0.271 e. The molecular formula is C18H14BrFN2O3S3. The molecule has 0 atom stereocenters. The van der Waals surface area contributed by atoms with Crippen LogP contribution in [0.25, 0.3) is 0 Å². The van der Waals surface area contributed by atoms with Crippen LogP contribution < -0.4 is 10.0 Å². The molecule has 0 fully saturated rings. The number of carbonyl (C=O) groups is 1. The first-order chi connectivity index (χ1) is 13.3. The Morgan fingerprint density at radius 3 is 2.54 bits per heavy atom. The molecule has 146 valence electrons. The number of nitrogens with one attached hydrogen (secondary N) is 2. The third-order valence-corrected chi connectivity index (χ3v) is 7.73. The lowest BCUT2D eigenvalue weighted by atomic mass is 10.3. The topological polar surface area (TPSA) is 75.3 Å². The van der Waals surface area contributed by atoms with E-state index < -0.39 is 15.8 Å². The van der Waals surface area contributed by atoms with E-state index in [0.717, 1.165) is 16.2 Å². The van der Waals surface area contributed by atoms with Crippen LogP contribution in [0.4, 0.5) is 15.8 Å². The highest BCUT2D eigenvalue weighted by molar-refractivity contribution is 9.10. The summed E-state index contributed by atoms with van der Waals surface area (Å²) in [6.07, 6.45) is 0. The third-order valence-electron chi connectivity index (χ3n) is 3.44. The molecule has 0 saturated carbocycles. The molecular weight excluding hydrogens is 487 g/mol. The molecule has 5 nitrogen and oxygen atoms in total. The zero-order valence-corrected chi connectivity index (χ0v) is 18.2. The summed E-state index contributed by atoms with van der Waals surface area (Å²) < 4.78 is 41.5. The fraction of sp³-hybridized carbons (Fsp3) is 0.0556. The number of hydrogen-bond acceptors (Lipinski definition) is 5. The van der Waals surface area contributed by atoms with Gasteiger partial charge >= 0.3 is 0 Å². The van der Waals surface area contributed by atoms with Crippen molar-refractivity contribution in [2.75, 3.05) is 15.8 Å². The van der Waals surface area contributed by atoms with Gasteiger partial charge in [-0.3, -0.25) is 9.52 Å². The number of benzene rings is 2. The second-order valence-corrected chi connectivity index (χ2v) is 10.3. The molecule has 0 radical (unpaired) electrons. The molecule has 0 spiro atoms. The van der Waals surface area contributed by atoms with E-state index in [0.29, 0.717) is 10.2 Å². The predicted molar refractivity (Wildman–Crippen MR) is 115 cm³/mol. The van der Waals surface area contributed by atoms with Crippen LogP contribution in [0.2, 0.25) is 0 Å². The van der Waals surface area contributed by atoms with Crippen LogP contribution in [0.1, 0.15) is 0 Å². The first-order valence-electron chi connectivity index (χ1n) is 7.87. The van der Waals surface area contributed by atoms with Gasteiger partial charge in [-0.1, -0.05) is 22.0 Å². The number of sulfonamides is 1. The summed E-state index contributed by atoms with van der Waals surface area (Å²) in [6, 6.07) is 14.3. The minimum absolute atomic E-state index is 0.0930. The maximum Gasteiger partial charge on any atom is 0.271 e. The zero-order chi connectivity index (χ0) is 20.1. The van der Waals surface area contributed by atoms with E-state index in [4.69, 9.17) is 0 Å². The lowest BCUT2D eigenvalue weighted by Gasteiger charge is -2.08. The molecule has 2 N–H and O–H groups in total. The Bertz CT molecular complexity index is 1070. The Hall–Kier alpha value is -1.88. The highest BCUT2D eigenvalue weighted by Crippen LogP contribution is 2.24. The zero-order valence-electron chi connectivity index (χ0n) is 14.2. The molecule has 0 bridgehead atoms. The Labute approximate surface area is 178 Å². The molecule has 3 rings (SSSR count). The Balaban J connectivity index is 1.55. The van der Waals surface area contributed by atoms with E-state index in [1.54, 1.807) is 41.8 Å². The van der Waals surface area contributed by atoms with Crippen molar-refractivity contribution < 1.29 is 17.6 Å². The number of rotatable bonds is 7. The van der Waals surface area contributed by atoms with E-state index >= 15 is 0 Å². The standard InChI is InChI=1S/C18H14BrFN2O3S3/c19-12-3-8-16(15(20)10-12)21-17(23)11-27-14-6-4-13(5-7-14)22-28(24,25)18-2-1-9-26-18/h1-10,22H,11H2,(H,21,23). The minimum atomic E-state index is -3.59. The summed E-state index contributed by atoms with van der Waals surface area (Å²) in [4.78, 5) is 12.8. The Morgan fingerprint density at radius 2 is 1.89 bits per heavy atom. The minimum Gasteiger partial charge on any atom is -0.323 e. The molecule has 0 aliphatic rings. The summed E-state index contributed by atoms with van der Waals surface area (Å²) in [5, 5.41) is 4.21. The second-order valence-electron chi connectivity index (χ2n) is 5.52. The highest BCUT2D eigenvalue weighted by atomic mass is 79.9. The van der Waals surface area contributed by atoms with Gasteiger partial charge in [0.25, 0.3) is 10.0 Å². The van der Waals surface area contributed by atoms with Gasteiger partial charge < -0.3 is 5.32 Å². The van der Waals surface area contributed by atoms with Crippen LogP contribution in [0, 0.1) is 5.82 Å². The number of hydrogen-bond donors (Lipinski definition) is 2. The number of amides is 1. The predicted octanol–water partition coefficient (Wildman–Crippen LogP) is 5.18. The van der Waals surface area contributed by atoms with E-state index in [1.807, 2.05) is 0 Å². The van der Waals surface area contributed by atoms with Gasteiger partial charge in [-0.2, -0.15) is 0 Å². The normalized spacial score (nSPS) is 11.2. The molecule has 0 aliphatic heterocycles. The Kier molecular flexibility index (Phi) is 6.76. The van der Waals surface area contributed by atoms with Crippen molar-refractivity contribution in [3.8, 4) is 0 Å². The monoisotopic (exact) mass is 500 g/mol. The average molecular weight is 501 g/mol. The van der Waals surface area contributed by atoms with Crippen LogP contribution in [0.15, 0.2) is 73.6 Å². The maximum absolute atomic E-state index is 13.7. The number of halogens is 2.